The van der Waals surface area contributed by atoms with Gasteiger partial charge in [0.2, 0.25) is 0 Å². The lowest BCUT2D eigenvalue weighted by Gasteiger charge is -2.30. The van der Waals surface area contributed by atoms with Crippen molar-refractivity contribution in [2.45, 2.75) is 58.5 Å². The molecule has 1 heterocycles. The van der Waals surface area contributed by atoms with Gasteiger partial charge in [-0.3, -0.25) is 4.90 Å². The second kappa shape index (κ2) is 3.16. The van der Waals surface area contributed by atoms with Crippen LogP contribution in [0.3, 0.4) is 0 Å². The van der Waals surface area contributed by atoms with E-state index < -0.39 is 11.3 Å². The Morgan fingerprint density at radius 1 is 1.20 bits per heavy atom. The van der Waals surface area contributed by atoms with Crippen LogP contribution in [0.25, 0.3) is 0 Å². The quantitative estimate of drug-likeness (QED) is 0.686. The average molecular weight is 217 g/mol. The van der Waals surface area contributed by atoms with Crippen LogP contribution < -0.4 is 0 Å². The van der Waals surface area contributed by atoms with Crippen molar-refractivity contribution < 1.29 is 8.78 Å². The zero-order chi connectivity index (χ0) is 11.4. The number of nitrogens with zero attached hydrogens (tertiary/aromatic N) is 1. The number of halogens is 2. The van der Waals surface area contributed by atoms with Crippen molar-refractivity contribution in [1.82, 2.24) is 4.90 Å². The lowest BCUT2D eigenvalue weighted by atomic mass is 9.95. The van der Waals surface area contributed by atoms with Crippen LogP contribution in [-0.2, 0) is 0 Å². The van der Waals surface area contributed by atoms with Crippen LogP contribution in [0.15, 0.2) is 0 Å². The predicted octanol–water partition coefficient (Wildman–Crippen LogP) is 3.15. The molecule has 0 aromatic rings. The molecule has 1 aliphatic heterocycles. The Labute approximate surface area is 90.8 Å². The lowest BCUT2D eigenvalue weighted by molar-refractivity contribution is 0.0649. The van der Waals surface area contributed by atoms with Gasteiger partial charge in [-0.1, -0.05) is 13.8 Å². The van der Waals surface area contributed by atoms with E-state index in [-0.39, 0.29) is 6.42 Å². The molecule has 0 aromatic heterocycles. The molecule has 1 aliphatic carbocycles. The van der Waals surface area contributed by atoms with Crippen molar-refractivity contribution in [3.63, 3.8) is 0 Å². The fraction of sp³-hybridized carbons (Fsp3) is 1.00. The SMILES string of the molecule is CC(C)C1CC2(CN1C(C)C)CC2(F)F. The normalized spacial score (nSPS) is 39.6. The monoisotopic (exact) mass is 217 g/mol. The van der Waals surface area contributed by atoms with Gasteiger partial charge in [-0.2, -0.15) is 0 Å². The van der Waals surface area contributed by atoms with E-state index in [9.17, 15) is 8.78 Å². The zero-order valence-corrected chi connectivity index (χ0v) is 10.1. The molecule has 1 nitrogen and oxygen atoms in total. The van der Waals surface area contributed by atoms with E-state index in [1.807, 2.05) is 0 Å². The molecule has 2 rings (SSSR count). The Morgan fingerprint density at radius 2 is 1.73 bits per heavy atom. The van der Waals surface area contributed by atoms with E-state index in [2.05, 4.69) is 32.6 Å². The summed E-state index contributed by atoms with van der Waals surface area (Å²) in [7, 11) is 0. The summed E-state index contributed by atoms with van der Waals surface area (Å²) in [6, 6.07) is 0.728. The standard InChI is InChI=1S/C12H21F2N/c1-8(2)10-5-11(6-12(11,13)14)7-15(10)9(3)4/h8-10H,5-7H2,1-4H3. The molecule has 3 heteroatoms. The minimum atomic E-state index is -2.39. The maximum atomic E-state index is 13.3. The summed E-state index contributed by atoms with van der Waals surface area (Å²) in [5.74, 6) is -1.91. The second-order valence-corrected chi connectivity index (χ2v) is 5.94. The molecule has 88 valence electrons. The van der Waals surface area contributed by atoms with Crippen molar-refractivity contribution in [2.75, 3.05) is 6.54 Å². The van der Waals surface area contributed by atoms with Gasteiger partial charge >= 0.3 is 0 Å². The molecule has 1 spiro atoms. The lowest BCUT2D eigenvalue weighted by Crippen LogP contribution is -2.38. The number of hydrogen-bond acceptors (Lipinski definition) is 1. The maximum absolute atomic E-state index is 13.3. The highest BCUT2D eigenvalue weighted by atomic mass is 19.3. The summed E-state index contributed by atoms with van der Waals surface area (Å²) >= 11 is 0. The third-order valence-corrected chi connectivity index (χ3v) is 4.16. The molecule has 1 saturated heterocycles. The van der Waals surface area contributed by atoms with Crippen molar-refractivity contribution in [1.29, 1.82) is 0 Å². The minimum absolute atomic E-state index is 0.118. The molecular formula is C12H21F2N. The van der Waals surface area contributed by atoms with E-state index in [1.54, 1.807) is 0 Å². The zero-order valence-electron chi connectivity index (χ0n) is 10.1. The highest BCUT2D eigenvalue weighted by molar-refractivity contribution is 5.17. The molecule has 1 saturated carbocycles. The third-order valence-electron chi connectivity index (χ3n) is 4.16. The first kappa shape index (κ1) is 11.3. The van der Waals surface area contributed by atoms with Crippen molar-refractivity contribution >= 4 is 0 Å². The van der Waals surface area contributed by atoms with Gasteiger partial charge in [-0.25, -0.2) is 8.78 Å². The summed E-state index contributed by atoms with van der Waals surface area (Å²) in [4.78, 5) is 2.27. The molecule has 0 aromatic carbocycles. The number of hydrogen-bond donors (Lipinski definition) is 0. The van der Waals surface area contributed by atoms with Crippen molar-refractivity contribution in [3.05, 3.63) is 0 Å². The third kappa shape index (κ3) is 1.59. The second-order valence-electron chi connectivity index (χ2n) is 5.94. The molecule has 2 unspecified atom stereocenters. The molecule has 0 radical (unpaired) electrons. The van der Waals surface area contributed by atoms with E-state index >= 15 is 0 Å². The van der Waals surface area contributed by atoms with Gasteiger partial charge in [0.1, 0.15) is 0 Å². The van der Waals surface area contributed by atoms with Gasteiger partial charge in [0, 0.05) is 25.0 Å². The van der Waals surface area contributed by atoms with Crippen LogP contribution in [-0.4, -0.2) is 29.5 Å². The minimum Gasteiger partial charge on any atom is -0.297 e. The topological polar surface area (TPSA) is 3.24 Å². The largest absolute Gasteiger partial charge is 0.297 e. The summed E-state index contributed by atoms with van der Waals surface area (Å²) in [6.07, 6.45) is 0.808. The van der Waals surface area contributed by atoms with Gasteiger partial charge in [0.25, 0.3) is 5.92 Å². The Bertz CT molecular complexity index is 244. The summed E-state index contributed by atoms with van der Waals surface area (Å²) in [6.45, 7) is 9.09. The first-order valence-corrected chi connectivity index (χ1v) is 5.93. The van der Waals surface area contributed by atoms with Crippen LogP contribution in [0.4, 0.5) is 8.78 Å². The molecular weight excluding hydrogens is 196 g/mol. The smallest absolute Gasteiger partial charge is 0.255 e. The average Bonchev–Trinajstić information content (AvgIpc) is 2.48. The Hall–Kier alpha value is -0.180. The van der Waals surface area contributed by atoms with E-state index in [1.165, 1.54) is 0 Å². The Kier molecular flexibility index (Phi) is 2.38. The van der Waals surface area contributed by atoms with Crippen LogP contribution >= 0.6 is 0 Å². The van der Waals surface area contributed by atoms with Gasteiger partial charge in [0.15, 0.2) is 0 Å². The van der Waals surface area contributed by atoms with Crippen molar-refractivity contribution in [3.8, 4) is 0 Å². The first-order chi connectivity index (χ1) is 6.79. The van der Waals surface area contributed by atoms with Crippen LogP contribution in [0.5, 0.6) is 0 Å². The summed E-state index contributed by atoms with van der Waals surface area (Å²) < 4.78 is 26.7. The fourth-order valence-corrected chi connectivity index (χ4v) is 3.01. The van der Waals surface area contributed by atoms with Crippen molar-refractivity contribution in [2.24, 2.45) is 11.3 Å². The van der Waals surface area contributed by atoms with Crippen LogP contribution in [0.2, 0.25) is 0 Å². The van der Waals surface area contributed by atoms with Crippen LogP contribution in [0.1, 0.15) is 40.5 Å². The highest BCUT2D eigenvalue weighted by Crippen LogP contribution is 2.66. The van der Waals surface area contributed by atoms with Gasteiger partial charge in [-0.15, -0.1) is 0 Å². The Morgan fingerprint density at radius 3 is 2.00 bits per heavy atom. The number of alkyl halides is 2. The molecule has 15 heavy (non-hydrogen) atoms. The molecule has 0 N–H and O–H groups in total. The molecule has 0 bridgehead atoms. The van der Waals surface area contributed by atoms with E-state index in [4.69, 9.17) is 0 Å². The molecule has 0 amide bonds. The van der Waals surface area contributed by atoms with Crippen LogP contribution in [0, 0.1) is 11.3 Å². The Balaban J connectivity index is 2.14. The fourth-order valence-electron chi connectivity index (χ4n) is 3.01. The predicted molar refractivity (Wildman–Crippen MR) is 57.1 cm³/mol. The maximum Gasteiger partial charge on any atom is 0.255 e. The van der Waals surface area contributed by atoms with E-state index in [0.29, 0.717) is 31.0 Å². The first-order valence-electron chi connectivity index (χ1n) is 5.93. The summed E-state index contributed by atoms with van der Waals surface area (Å²) in [5, 5.41) is 0. The van der Waals surface area contributed by atoms with Gasteiger partial charge < -0.3 is 0 Å². The number of likely N-dealkylation sites (tertiary alicyclic amines) is 1. The highest BCUT2D eigenvalue weighted by Gasteiger charge is 2.74. The van der Waals surface area contributed by atoms with E-state index in [0.717, 1.165) is 0 Å². The van der Waals surface area contributed by atoms with Gasteiger partial charge in [-0.05, 0) is 26.2 Å². The molecule has 2 fully saturated rings. The molecule has 2 aliphatic rings. The number of rotatable bonds is 2. The summed E-state index contributed by atoms with van der Waals surface area (Å²) in [5.41, 5.74) is -0.661. The van der Waals surface area contributed by atoms with Gasteiger partial charge in [0.05, 0.1) is 5.41 Å². The molecule has 2 atom stereocenters.